The molecule has 0 bridgehead atoms. The molecule has 1 aliphatic heterocycles. The summed E-state index contributed by atoms with van der Waals surface area (Å²) in [6, 6.07) is 14.8. The Morgan fingerprint density at radius 3 is 2.22 bits per heavy atom. The summed E-state index contributed by atoms with van der Waals surface area (Å²) in [4.78, 5) is 30.9. The Morgan fingerprint density at radius 2 is 1.56 bits per heavy atom. The first-order valence-corrected chi connectivity index (χ1v) is 11.5. The minimum absolute atomic E-state index is 0.000323. The Hall–Kier alpha value is -3.02. The summed E-state index contributed by atoms with van der Waals surface area (Å²) >= 11 is 0. The van der Waals surface area contributed by atoms with Crippen LogP contribution in [0.3, 0.4) is 0 Å². The molecule has 1 heterocycles. The van der Waals surface area contributed by atoms with Gasteiger partial charge in [0.05, 0.1) is 14.2 Å². The Labute approximate surface area is 190 Å². The van der Waals surface area contributed by atoms with Gasteiger partial charge in [0.2, 0.25) is 5.91 Å². The third kappa shape index (κ3) is 4.59. The third-order valence-electron chi connectivity index (χ3n) is 6.64. The fraction of sp³-hybridized carbons (Fsp3) is 0.462. The summed E-state index contributed by atoms with van der Waals surface area (Å²) in [7, 11) is 3.16. The van der Waals surface area contributed by atoms with Gasteiger partial charge in [0.25, 0.3) is 5.91 Å². The van der Waals surface area contributed by atoms with Crippen LogP contribution in [0.25, 0.3) is 0 Å². The van der Waals surface area contributed by atoms with Crippen LogP contribution in [-0.4, -0.2) is 48.4 Å². The maximum Gasteiger partial charge on any atom is 0.250 e. The zero-order chi connectivity index (χ0) is 22.5. The van der Waals surface area contributed by atoms with E-state index in [2.05, 4.69) is 0 Å². The van der Waals surface area contributed by atoms with Gasteiger partial charge in [-0.2, -0.15) is 0 Å². The Bertz CT molecular complexity index is 938. The molecule has 170 valence electrons. The van der Waals surface area contributed by atoms with Crippen molar-refractivity contribution in [1.82, 2.24) is 9.80 Å². The van der Waals surface area contributed by atoms with E-state index in [1.807, 2.05) is 47.4 Å². The van der Waals surface area contributed by atoms with E-state index in [1.54, 1.807) is 25.2 Å². The van der Waals surface area contributed by atoms with E-state index >= 15 is 0 Å². The highest BCUT2D eigenvalue weighted by Crippen LogP contribution is 2.37. The van der Waals surface area contributed by atoms with Gasteiger partial charge in [-0.3, -0.25) is 9.59 Å². The van der Waals surface area contributed by atoms with Crippen molar-refractivity contribution in [2.45, 2.75) is 57.2 Å². The molecule has 1 aliphatic carbocycles. The summed E-state index contributed by atoms with van der Waals surface area (Å²) in [6.45, 7) is 0.545. The van der Waals surface area contributed by atoms with Gasteiger partial charge in [-0.1, -0.05) is 62.1 Å². The number of nitrogens with zero attached hydrogens (tertiary/aromatic N) is 2. The molecule has 0 spiro atoms. The lowest BCUT2D eigenvalue weighted by Gasteiger charge is -2.43. The molecule has 2 fully saturated rings. The van der Waals surface area contributed by atoms with E-state index in [4.69, 9.17) is 9.47 Å². The molecule has 4 rings (SSSR count). The molecule has 6 nitrogen and oxygen atoms in total. The maximum atomic E-state index is 13.9. The van der Waals surface area contributed by atoms with E-state index < -0.39 is 6.04 Å². The van der Waals surface area contributed by atoms with Crippen LogP contribution in [0.15, 0.2) is 48.5 Å². The van der Waals surface area contributed by atoms with Gasteiger partial charge in [0.1, 0.15) is 12.6 Å². The molecule has 32 heavy (non-hydrogen) atoms. The average molecular weight is 437 g/mol. The zero-order valence-electron chi connectivity index (χ0n) is 19.0. The van der Waals surface area contributed by atoms with Crippen molar-refractivity contribution < 1.29 is 19.1 Å². The lowest BCUT2D eigenvalue weighted by Crippen LogP contribution is -2.57. The average Bonchev–Trinajstić information content (AvgIpc) is 3.11. The number of piperazine rings is 1. The topological polar surface area (TPSA) is 59.1 Å². The Balaban J connectivity index is 1.71. The number of hydrogen-bond donors (Lipinski definition) is 0. The molecule has 1 saturated heterocycles. The highest BCUT2D eigenvalue weighted by atomic mass is 16.5. The van der Waals surface area contributed by atoms with Crippen LogP contribution >= 0.6 is 0 Å². The number of methoxy groups -OCH3 is 2. The van der Waals surface area contributed by atoms with Crippen LogP contribution in [0.4, 0.5) is 0 Å². The quantitative estimate of drug-likeness (QED) is 0.632. The number of hydrogen-bond acceptors (Lipinski definition) is 4. The summed E-state index contributed by atoms with van der Waals surface area (Å²) in [5, 5.41) is 0. The largest absolute Gasteiger partial charge is 0.493 e. The van der Waals surface area contributed by atoms with E-state index in [9.17, 15) is 9.59 Å². The monoisotopic (exact) mass is 436 g/mol. The first-order chi connectivity index (χ1) is 15.6. The molecule has 1 atom stereocenters. The predicted octanol–water partition coefficient (Wildman–Crippen LogP) is 4.34. The lowest BCUT2D eigenvalue weighted by atomic mass is 9.96. The van der Waals surface area contributed by atoms with Crippen molar-refractivity contribution in [2.75, 3.05) is 20.8 Å². The minimum atomic E-state index is -0.681. The molecule has 0 aromatic heterocycles. The Morgan fingerprint density at radius 1 is 0.875 bits per heavy atom. The standard InChI is InChI=1S/C26H32N2O4/c1-31-22-15-14-20(16-23(22)32-2)25-26(30)27(21-12-8-3-4-9-13-21)18-24(29)28(25)17-19-10-6-5-7-11-19/h5-7,10-11,14-16,21,25H,3-4,8-9,12-13,17-18H2,1-2H3/t25-/m1/s1. The molecule has 1 saturated carbocycles. The number of amides is 2. The predicted molar refractivity (Wildman–Crippen MR) is 122 cm³/mol. The Kier molecular flexibility index (Phi) is 6.98. The fourth-order valence-electron chi connectivity index (χ4n) is 4.93. The third-order valence-corrected chi connectivity index (χ3v) is 6.64. The second kappa shape index (κ2) is 10.1. The summed E-state index contributed by atoms with van der Waals surface area (Å²) in [5.41, 5.74) is 1.75. The molecule has 0 unspecified atom stereocenters. The zero-order valence-corrected chi connectivity index (χ0v) is 19.0. The lowest BCUT2D eigenvalue weighted by molar-refractivity contribution is -0.159. The van der Waals surface area contributed by atoms with Crippen LogP contribution < -0.4 is 9.47 Å². The van der Waals surface area contributed by atoms with Gasteiger partial charge < -0.3 is 19.3 Å². The van der Waals surface area contributed by atoms with Crippen LogP contribution in [0.1, 0.15) is 55.7 Å². The van der Waals surface area contributed by atoms with Gasteiger partial charge in [0, 0.05) is 12.6 Å². The van der Waals surface area contributed by atoms with Crippen molar-refractivity contribution in [1.29, 1.82) is 0 Å². The summed E-state index contributed by atoms with van der Waals surface area (Å²) < 4.78 is 10.9. The van der Waals surface area contributed by atoms with Crippen molar-refractivity contribution in [3.63, 3.8) is 0 Å². The smallest absolute Gasteiger partial charge is 0.250 e. The van der Waals surface area contributed by atoms with Gasteiger partial charge in [0.15, 0.2) is 11.5 Å². The van der Waals surface area contributed by atoms with Gasteiger partial charge in [-0.05, 0) is 36.1 Å². The first kappa shape index (κ1) is 22.2. The van der Waals surface area contributed by atoms with Crippen LogP contribution in [0.5, 0.6) is 11.5 Å². The molecular weight excluding hydrogens is 404 g/mol. The van der Waals surface area contributed by atoms with Crippen molar-refractivity contribution in [3.05, 3.63) is 59.7 Å². The van der Waals surface area contributed by atoms with Gasteiger partial charge in [-0.15, -0.1) is 0 Å². The van der Waals surface area contributed by atoms with E-state index in [0.29, 0.717) is 18.0 Å². The second-order valence-corrected chi connectivity index (χ2v) is 8.64. The van der Waals surface area contributed by atoms with Crippen LogP contribution in [0.2, 0.25) is 0 Å². The van der Waals surface area contributed by atoms with Crippen molar-refractivity contribution in [3.8, 4) is 11.5 Å². The minimum Gasteiger partial charge on any atom is -0.493 e. The van der Waals surface area contributed by atoms with Crippen LogP contribution in [-0.2, 0) is 16.1 Å². The number of rotatable bonds is 6. The van der Waals surface area contributed by atoms with Crippen LogP contribution in [0, 0.1) is 0 Å². The molecule has 2 aromatic carbocycles. The molecule has 2 aromatic rings. The summed E-state index contributed by atoms with van der Waals surface area (Å²) in [5.74, 6) is 1.13. The maximum absolute atomic E-state index is 13.9. The number of benzene rings is 2. The highest BCUT2D eigenvalue weighted by molar-refractivity contribution is 5.96. The van der Waals surface area contributed by atoms with E-state index in [0.717, 1.165) is 36.8 Å². The number of ether oxygens (including phenoxy) is 2. The number of carbonyl (C=O) groups excluding carboxylic acids is 2. The molecule has 0 N–H and O–H groups in total. The highest BCUT2D eigenvalue weighted by Gasteiger charge is 2.43. The van der Waals surface area contributed by atoms with Crippen molar-refractivity contribution in [2.24, 2.45) is 0 Å². The normalized spacial score (nSPS) is 20.2. The second-order valence-electron chi connectivity index (χ2n) is 8.64. The fourth-order valence-corrected chi connectivity index (χ4v) is 4.93. The van der Waals surface area contributed by atoms with Gasteiger partial charge >= 0.3 is 0 Å². The molecular formula is C26H32N2O4. The summed E-state index contributed by atoms with van der Waals surface area (Å²) in [6.07, 6.45) is 6.55. The first-order valence-electron chi connectivity index (χ1n) is 11.5. The molecule has 0 radical (unpaired) electrons. The van der Waals surface area contributed by atoms with Gasteiger partial charge in [-0.25, -0.2) is 0 Å². The SMILES string of the molecule is COc1ccc([C@@H]2C(=O)N(C3CCCCCC3)CC(=O)N2Cc2ccccc2)cc1OC. The van der Waals surface area contributed by atoms with Crippen molar-refractivity contribution >= 4 is 11.8 Å². The van der Waals surface area contributed by atoms with E-state index in [-0.39, 0.29) is 24.4 Å². The molecule has 6 heteroatoms. The molecule has 2 aliphatic rings. The molecule has 2 amide bonds. The number of carbonyl (C=O) groups is 2. The van der Waals surface area contributed by atoms with E-state index in [1.165, 1.54) is 12.8 Å².